The second-order valence-electron chi connectivity index (χ2n) is 8.54. The first-order valence-electron chi connectivity index (χ1n) is 11.2. The quantitative estimate of drug-likeness (QED) is 0.291. The molecule has 6 rings (SSSR count). The number of nitrogens with zero attached hydrogens (tertiary/aromatic N) is 5. The van der Waals surface area contributed by atoms with Crippen LogP contribution in [0, 0.1) is 11.7 Å². The van der Waals surface area contributed by atoms with Crippen LogP contribution in [-0.2, 0) is 4.79 Å². The average Bonchev–Trinajstić information content (AvgIpc) is 3.63. The lowest BCUT2D eigenvalue weighted by Crippen LogP contribution is -2.17. The number of imidazole rings is 1. The smallest absolute Gasteiger partial charge is 0.226 e. The fourth-order valence-electron chi connectivity index (χ4n) is 3.93. The lowest BCUT2D eigenvalue weighted by molar-refractivity contribution is -0.118. The van der Waals surface area contributed by atoms with Gasteiger partial charge >= 0.3 is 0 Å². The molecular formula is C25H19FN8OS. The predicted octanol–water partition coefficient (Wildman–Crippen LogP) is 5.42. The number of aromatic amines is 2. The first-order chi connectivity index (χ1) is 17.5. The maximum atomic E-state index is 15.9. The van der Waals surface area contributed by atoms with Gasteiger partial charge in [-0.1, -0.05) is 13.8 Å². The van der Waals surface area contributed by atoms with Crippen molar-refractivity contribution in [3.8, 4) is 34.0 Å². The highest BCUT2D eigenvalue weighted by molar-refractivity contribution is 7.08. The van der Waals surface area contributed by atoms with Crippen molar-refractivity contribution in [1.82, 2.24) is 35.1 Å². The van der Waals surface area contributed by atoms with Gasteiger partial charge in [-0.3, -0.25) is 24.8 Å². The van der Waals surface area contributed by atoms with Gasteiger partial charge in [0.05, 0.1) is 40.2 Å². The molecule has 6 aromatic heterocycles. The maximum absolute atomic E-state index is 15.9. The van der Waals surface area contributed by atoms with Crippen LogP contribution in [0.15, 0.2) is 53.7 Å². The molecule has 6 aromatic rings. The first-order valence-corrected chi connectivity index (χ1v) is 12.1. The second-order valence-corrected chi connectivity index (χ2v) is 9.32. The lowest BCUT2D eigenvalue weighted by atomic mass is 10.1. The minimum Gasteiger partial charge on any atom is -0.336 e. The molecule has 0 aromatic carbocycles. The maximum Gasteiger partial charge on any atom is 0.226 e. The van der Waals surface area contributed by atoms with Crippen LogP contribution in [0.25, 0.3) is 56.0 Å². The number of halogens is 1. The number of nitrogens with one attached hydrogen (secondary N) is 3. The molecule has 0 aliphatic carbocycles. The summed E-state index contributed by atoms with van der Waals surface area (Å²) in [4.78, 5) is 33.0. The number of pyridine rings is 3. The van der Waals surface area contributed by atoms with Gasteiger partial charge in [-0.25, -0.2) is 9.37 Å². The average molecular weight is 499 g/mol. The molecule has 6 heterocycles. The summed E-state index contributed by atoms with van der Waals surface area (Å²) in [7, 11) is 0. The highest BCUT2D eigenvalue weighted by atomic mass is 32.1. The van der Waals surface area contributed by atoms with Crippen LogP contribution in [0.2, 0.25) is 0 Å². The normalized spacial score (nSPS) is 11.6. The molecule has 0 atom stereocenters. The van der Waals surface area contributed by atoms with Crippen molar-refractivity contribution in [2.45, 2.75) is 13.8 Å². The number of thiophene rings is 1. The largest absolute Gasteiger partial charge is 0.336 e. The van der Waals surface area contributed by atoms with Gasteiger partial charge < -0.3 is 10.3 Å². The lowest BCUT2D eigenvalue weighted by Gasteiger charge is -2.09. The van der Waals surface area contributed by atoms with E-state index in [2.05, 4.69) is 35.5 Å². The third kappa shape index (κ3) is 3.69. The van der Waals surface area contributed by atoms with Gasteiger partial charge in [0.1, 0.15) is 16.9 Å². The number of carbonyl (C=O) groups is 1. The van der Waals surface area contributed by atoms with Crippen molar-refractivity contribution in [3.05, 3.63) is 59.6 Å². The van der Waals surface area contributed by atoms with Crippen LogP contribution >= 0.6 is 11.3 Å². The molecule has 11 heteroatoms. The van der Waals surface area contributed by atoms with Crippen molar-refractivity contribution in [2.75, 3.05) is 5.32 Å². The van der Waals surface area contributed by atoms with E-state index in [4.69, 9.17) is 4.98 Å². The number of amides is 1. The Balaban J connectivity index is 1.46. The van der Waals surface area contributed by atoms with Gasteiger partial charge in [0, 0.05) is 34.8 Å². The highest BCUT2D eigenvalue weighted by Crippen LogP contribution is 2.34. The van der Waals surface area contributed by atoms with E-state index in [9.17, 15) is 4.79 Å². The summed E-state index contributed by atoms with van der Waals surface area (Å²) in [5, 5.41) is 14.2. The Hall–Kier alpha value is -4.51. The highest BCUT2D eigenvalue weighted by Gasteiger charge is 2.22. The summed E-state index contributed by atoms with van der Waals surface area (Å²) in [6, 6.07) is 5.45. The Morgan fingerprint density at radius 2 is 1.94 bits per heavy atom. The summed E-state index contributed by atoms with van der Waals surface area (Å²) in [5.74, 6) is -0.515. The number of hydrogen-bond donors (Lipinski definition) is 3. The van der Waals surface area contributed by atoms with E-state index in [1.165, 1.54) is 18.6 Å². The molecule has 0 aliphatic rings. The third-order valence-electron chi connectivity index (χ3n) is 5.77. The van der Waals surface area contributed by atoms with E-state index in [-0.39, 0.29) is 22.9 Å². The van der Waals surface area contributed by atoms with Crippen LogP contribution in [0.3, 0.4) is 0 Å². The van der Waals surface area contributed by atoms with Crippen molar-refractivity contribution in [1.29, 1.82) is 0 Å². The number of H-pyrrole nitrogens is 2. The predicted molar refractivity (Wildman–Crippen MR) is 137 cm³/mol. The molecular weight excluding hydrogens is 479 g/mol. The van der Waals surface area contributed by atoms with Crippen LogP contribution in [0.5, 0.6) is 0 Å². The number of aromatic nitrogens is 7. The van der Waals surface area contributed by atoms with Gasteiger partial charge in [-0.15, -0.1) is 0 Å². The summed E-state index contributed by atoms with van der Waals surface area (Å²) < 4.78 is 15.9. The Morgan fingerprint density at radius 3 is 2.75 bits per heavy atom. The molecule has 9 nitrogen and oxygen atoms in total. The minimum absolute atomic E-state index is 0.0926. The molecule has 0 fully saturated rings. The number of anilines is 1. The molecule has 0 saturated carbocycles. The molecule has 0 aliphatic heterocycles. The number of fused-ring (bicyclic) bond motifs is 2. The molecule has 178 valence electrons. The Morgan fingerprint density at radius 1 is 1.06 bits per heavy atom. The van der Waals surface area contributed by atoms with E-state index < -0.39 is 5.82 Å². The van der Waals surface area contributed by atoms with Crippen LogP contribution in [0.1, 0.15) is 13.8 Å². The van der Waals surface area contributed by atoms with Crippen LogP contribution in [0.4, 0.5) is 10.1 Å². The molecule has 3 N–H and O–H groups in total. The topological polar surface area (TPSA) is 125 Å². The molecule has 0 bridgehead atoms. The molecule has 1 amide bonds. The Bertz CT molecular complexity index is 1740. The SMILES string of the molecule is CC(C)C(=O)Nc1cncc(-c2ncc3[nH]nc(-c4nc5c(-c6ccsc6)nccc5[nH]4)c3c2F)c1. The van der Waals surface area contributed by atoms with Gasteiger partial charge in [0.2, 0.25) is 5.91 Å². The van der Waals surface area contributed by atoms with Crippen molar-refractivity contribution >= 4 is 44.9 Å². The molecule has 0 spiro atoms. The zero-order chi connectivity index (χ0) is 24.8. The van der Waals surface area contributed by atoms with Crippen LogP contribution in [-0.4, -0.2) is 41.0 Å². The number of carbonyl (C=O) groups excluding carboxylic acids is 1. The fraction of sp³-hybridized carbons (Fsp3) is 0.120. The van der Waals surface area contributed by atoms with Gasteiger partial charge in [0.25, 0.3) is 0 Å². The third-order valence-corrected chi connectivity index (χ3v) is 6.45. The molecule has 36 heavy (non-hydrogen) atoms. The minimum atomic E-state index is -0.568. The van der Waals surface area contributed by atoms with E-state index in [0.717, 1.165) is 16.8 Å². The van der Waals surface area contributed by atoms with Gasteiger partial charge in [-0.05, 0) is 23.6 Å². The zero-order valence-corrected chi connectivity index (χ0v) is 20.0. The van der Waals surface area contributed by atoms with Crippen LogP contribution < -0.4 is 5.32 Å². The zero-order valence-electron chi connectivity index (χ0n) is 19.2. The van der Waals surface area contributed by atoms with Gasteiger partial charge in [-0.2, -0.15) is 16.4 Å². The summed E-state index contributed by atoms with van der Waals surface area (Å²) in [6.07, 6.45) is 6.24. The number of hydrogen-bond acceptors (Lipinski definition) is 7. The summed E-state index contributed by atoms with van der Waals surface area (Å²) in [5.41, 5.74) is 4.89. The van der Waals surface area contributed by atoms with E-state index in [1.54, 1.807) is 37.4 Å². The Labute approximate surface area is 207 Å². The van der Waals surface area contributed by atoms with Crippen molar-refractivity contribution in [2.24, 2.45) is 5.92 Å². The van der Waals surface area contributed by atoms with Crippen molar-refractivity contribution < 1.29 is 9.18 Å². The number of rotatable bonds is 5. The first kappa shape index (κ1) is 22.0. The van der Waals surface area contributed by atoms with E-state index >= 15 is 4.39 Å². The molecule has 0 saturated heterocycles. The second kappa shape index (κ2) is 8.61. The Kier molecular flexibility index (Phi) is 5.26. The van der Waals surface area contributed by atoms with Gasteiger partial charge in [0.15, 0.2) is 11.6 Å². The fourth-order valence-corrected chi connectivity index (χ4v) is 4.57. The summed E-state index contributed by atoms with van der Waals surface area (Å²) >= 11 is 1.58. The molecule has 0 unspecified atom stereocenters. The molecule has 0 radical (unpaired) electrons. The monoisotopic (exact) mass is 498 g/mol. The standard InChI is InChI=1S/C25H19FN8OS/c1-12(2)25(35)30-15-7-14(8-27-9-15)20-19(26)18-17(10-29-20)33-34-23(18)24-31-16-3-5-28-21(22(16)32-24)13-4-6-36-11-13/h3-12H,1-2H3,(H,30,35)(H,31,32)(H,33,34). The van der Waals surface area contributed by atoms with E-state index in [0.29, 0.717) is 33.8 Å². The van der Waals surface area contributed by atoms with Crippen molar-refractivity contribution in [3.63, 3.8) is 0 Å². The van der Waals surface area contributed by atoms with E-state index in [1.807, 2.05) is 22.9 Å². The summed E-state index contributed by atoms with van der Waals surface area (Å²) in [6.45, 7) is 3.58.